The second-order valence-electron chi connectivity index (χ2n) is 6.20. The summed E-state index contributed by atoms with van der Waals surface area (Å²) in [5.74, 6) is 0.320. The van der Waals surface area contributed by atoms with Crippen LogP contribution in [0.3, 0.4) is 0 Å². The molecule has 0 fully saturated rings. The third kappa shape index (κ3) is 5.09. The summed E-state index contributed by atoms with van der Waals surface area (Å²) in [5.41, 5.74) is 1.28. The smallest absolute Gasteiger partial charge is 0.243 e. The maximum Gasteiger partial charge on any atom is 0.243 e. The largest absolute Gasteiger partial charge is 0.497 e. The van der Waals surface area contributed by atoms with Gasteiger partial charge in [0.2, 0.25) is 15.9 Å². The summed E-state index contributed by atoms with van der Waals surface area (Å²) in [6, 6.07) is 14.6. The molecule has 0 saturated heterocycles. The van der Waals surface area contributed by atoms with Crippen molar-refractivity contribution in [2.24, 2.45) is 0 Å². The van der Waals surface area contributed by atoms with E-state index in [1.165, 1.54) is 31.3 Å². The number of sulfonamides is 1. The van der Waals surface area contributed by atoms with Crippen molar-refractivity contribution < 1.29 is 17.9 Å². The number of nitriles is 1. The fraction of sp³-hybridized carbons (Fsp3) is 0.300. The van der Waals surface area contributed by atoms with Crippen molar-refractivity contribution in [3.8, 4) is 11.8 Å². The van der Waals surface area contributed by atoms with Gasteiger partial charge in [0.05, 0.1) is 36.2 Å². The molecule has 0 aromatic heterocycles. The van der Waals surface area contributed by atoms with Crippen molar-refractivity contribution >= 4 is 15.9 Å². The van der Waals surface area contributed by atoms with E-state index in [4.69, 9.17) is 10.00 Å². The third-order valence-corrected chi connectivity index (χ3v) is 6.14. The Morgan fingerprint density at radius 2 is 1.79 bits per heavy atom. The van der Waals surface area contributed by atoms with E-state index in [0.29, 0.717) is 12.0 Å². The molecule has 0 spiro atoms. The number of carbonyl (C=O) groups is 1. The van der Waals surface area contributed by atoms with E-state index in [2.05, 4.69) is 5.32 Å². The minimum atomic E-state index is -3.83. The number of rotatable bonds is 8. The van der Waals surface area contributed by atoms with Crippen LogP contribution in [-0.4, -0.2) is 39.3 Å². The summed E-state index contributed by atoms with van der Waals surface area (Å²) >= 11 is 0. The van der Waals surface area contributed by atoms with Crippen LogP contribution in [0, 0.1) is 11.3 Å². The number of likely N-dealkylation sites (N-methyl/N-ethyl adjacent to an activating group) is 1. The van der Waals surface area contributed by atoms with Crippen molar-refractivity contribution in [2.45, 2.75) is 24.3 Å². The molecule has 0 aliphatic rings. The quantitative estimate of drug-likeness (QED) is 0.732. The van der Waals surface area contributed by atoms with Crippen LogP contribution in [0.2, 0.25) is 0 Å². The van der Waals surface area contributed by atoms with Crippen LogP contribution in [0.5, 0.6) is 5.75 Å². The van der Waals surface area contributed by atoms with Gasteiger partial charge in [0.1, 0.15) is 5.75 Å². The van der Waals surface area contributed by atoms with Crippen LogP contribution in [-0.2, 0) is 14.8 Å². The molecule has 0 bridgehead atoms. The third-order valence-electron chi connectivity index (χ3n) is 4.32. The summed E-state index contributed by atoms with van der Waals surface area (Å²) in [6.07, 6.45) is 0.657. The van der Waals surface area contributed by atoms with Gasteiger partial charge >= 0.3 is 0 Å². The van der Waals surface area contributed by atoms with Gasteiger partial charge in [0, 0.05) is 7.05 Å². The zero-order valence-corrected chi connectivity index (χ0v) is 16.9. The molecule has 2 aromatic rings. The van der Waals surface area contributed by atoms with E-state index in [0.717, 1.165) is 15.6 Å². The molecule has 0 saturated carbocycles. The van der Waals surface area contributed by atoms with Gasteiger partial charge in [-0.05, 0) is 48.4 Å². The number of benzene rings is 2. The van der Waals surface area contributed by atoms with E-state index in [9.17, 15) is 13.2 Å². The van der Waals surface area contributed by atoms with Crippen LogP contribution in [0.25, 0.3) is 0 Å². The van der Waals surface area contributed by atoms with Gasteiger partial charge in [-0.25, -0.2) is 8.42 Å². The Labute approximate surface area is 165 Å². The average molecular weight is 401 g/mol. The Morgan fingerprint density at radius 1 is 1.18 bits per heavy atom. The lowest BCUT2D eigenvalue weighted by Gasteiger charge is -2.21. The number of nitrogens with zero attached hydrogens (tertiary/aromatic N) is 2. The lowest BCUT2D eigenvalue weighted by molar-refractivity contribution is -0.121. The number of hydrogen-bond acceptors (Lipinski definition) is 5. The molecule has 1 atom stereocenters. The van der Waals surface area contributed by atoms with E-state index >= 15 is 0 Å². The first kappa shape index (κ1) is 21.4. The number of methoxy groups -OCH3 is 1. The normalized spacial score (nSPS) is 12.2. The maximum atomic E-state index is 12.6. The molecule has 1 N–H and O–H groups in total. The fourth-order valence-electron chi connectivity index (χ4n) is 2.67. The minimum absolute atomic E-state index is 0.0315. The predicted octanol–water partition coefficient (Wildman–Crippen LogP) is 2.45. The first-order valence-corrected chi connectivity index (χ1v) is 10.2. The number of carbonyl (C=O) groups excluding carboxylic acids is 1. The first-order valence-electron chi connectivity index (χ1n) is 8.71. The van der Waals surface area contributed by atoms with Crippen molar-refractivity contribution in [3.63, 3.8) is 0 Å². The molecule has 1 unspecified atom stereocenters. The molecule has 0 heterocycles. The Hall–Kier alpha value is -2.89. The molecule has 1 amide bonds. The average Bonchev–Trinajstić information content (AvgIpc) is 2.72. The first-order chi connectivity index (χ1) is 13.3. The monoisotopic (exact) mass is 401 g/mol. The highest BCUT2D eigenvalue weighted by molar-refractivity contribution is 7.89. The van der Waals surface area contributed by atoms with Crippen molar-refractivity contribution in [1.29, 1.82) is 5.26 Å². The van der Waals surface area contributed by atoms with Crippen molar-refractivity contribution in [1.82, 2.24) is 9.62 Å². The summed E-state index contributed by atoms with van der Waals surface area (Å²) < 4.78 is 31.3. The number of amides is 1. The maximum absolute atomic E-state index is 12.6. The zero-order valence-electron chi connectivity index (χ0n) is 16.0. The SMILES string of the molecule is CCC(NC(=O)CN(C)S(=O)(=O)c1ccc(C#N)cc1)c1ccc(OC)cc1. The Morgan fingerprint density at radius 3 is 2.29 bits per heavy atom. The van der Waals surface area contributed by atoms with Gasteiger partial charge in [0.25, 0.3) is 0 Å². The van der Waals surface area contributed by atoms with E-state index in [-0.39, 0.29) is 17.5 Å². The van der Waals surface area contributed by atoms with Crippen LogP contribution in [0.15, 0.2) is 53.4 Å². The van der Waals surface area contributed by atoms with Crippen LogP contribution in [0.1, 0.15) is 30.5 Å². The van der Waals surface area contributed by atoms with Gasteiger partial charge < -0.3 is 10.1 Å². The van der Waals surface area contributed by atoms with Crippen LogP contribution < -0.4 is 10.1 Å². The topological polar surface area (TPSA) is 99.5 Å². The van der Waals surface area contributed by atoms with Crippen LogP contribution >= 0.6 is 0 Å². The lowest BCUT2D eigenvalue weighted by Crippen LogP contribution is -2.39. The highest BCUT2D eigenvalue weighted by Crippen LogP contribution is 2.20. The molecule has 7 nitrogen and oxygen atoms in total. The van der Waals surface area contributed by atoms with Gasteiger partial charge in [-0.15, -0.1) is 0 Å². The molecule has 28 heavy (non-hydrogen) atoms. The molecule has 8 heteroatoms. The van der Waals surface area contributed by atoms with Crippen molar-refractivity contribution in [3.05, 3.63) is 59.7 Å². The van der Waals surface area contributed by atoms with Gasteiger partial charge in [0.15, 0.2) is 0 Å². The number of nitrogens with one attached hydrogen (secondary N) is 1. The fourth-order valence-corrected chi connectivity index (χ4v) is 3.79. The van der Waals surface area contributed by atoms with E-state index in [1.54, 1.807) is 7.11 Å². The lowest BCUT2D eigenvalue weighted by atomic mass is 10.0. The molecular formula is C20H23N3O4S. The Kier molecular flexibility index (Phi) is 7.15. The molecule has 0 aliphatic heterocycles. The number of ether oxygens (including phenoxy) is 1. The minimum Gasteiger partial charge on any atom is -0.497 e. The molecular weight excluding hydrogens is 378 g/mol. The predicted molar refractivity (Wildman–Crippen MR) is 105 cm³/mol. The van der Waals surface area contributed by atoms with Gasteiger partial charge in [-0.2, -0.15) is 9.57 Å². The highest BCUT2D eigenvalue weighted by Gasteiger charge is 2.24. The number of hydrogen-bond donors (Lipinski definition) is 1. The van der Waals surface area contributed by atoms with E-state index in [1.807, 2.05) is 37.3 Å². The van der Waals surface area contributed by atoms with Crippen molar-refractivity contribution in [2.75, 3.05) is 20.7 Å². The highest BCUT2D eigenvalue weighted by atomic mass is 32.2. The Bertz CT molecular complexity index is 948. The molecule has 148 valence electrons. The molecule has 0 aliphatic carbocycles. The molecule has 2 aromatic carbocycles. The molecule has 0 radical (unpaired) electrons. The second-order valence-corrected chi connectivity index (χ2v) is 8.24. The summed E-state index contributed by atoms with van der Waals surface area (Å²) in [4.78, 5) is 12.4. The zero-order chi connectivity index (χ0) is 20.7. The summed E-state index contributed by atoms with van der Waals surface area (Å²) in [7, 11) is -0.898. The Balaban J connectivity index is 2.06. The standard InChI is InChI=1S/C20H23N3O4S/c1-4-19(16-7-9-17(27-3)10-8-16)22-20(24)14-23(2)28(25,26)18-11-5-15(13-21)6-12-18/h5-12,19H,4,14H2,1-3H3,(H,22,24). The molecule has 2 rings (SSSR count). The van der Waals surface area contributed by atoms with Gasteiger partial charge in [-0.3, -0.25) is 4.79 Å². The summed E-state index contributed by atoms with van der Waals surface area (Å²) in [6.45, 7) is 1.63. The van der Waals surface area contributed by atoms with Gasteiger partial charge in [-0.1, -0.05) is 19.1 Å². The second kappa shape index (κ2) is 9.35. The summed E-state index contributed by atoms with van der Waals surface area (Å²) in [5, 5.41) is 11.7. The van der Waals surface area contributed by atoms with E-state index < -0.39 is 15.9 Å². The van der Waals surface area contributed by atoms with Crippen LogP contribution in [0.4, 0.5) is 0 Å².